The molecule has 0 radical (unpaired) electrons. The minimum atomic E-state index is -2.80. The Morgan fingerprint density at radius 3 is 2.79 bits per heavy atom. The van der Waals surface area contributed by atoms with E-state index in [1.165, 1.54) is 6.08 Å². The van der Waals surface area contributed by atoms with E-state index in [-0.39, 0.29) is 29.8 Å². The second-order valence-electron chi connectivity index (χ2n) is 9.17. The van der Waals surface area contributed by atoms with Crippen LogP contribution in [0.2, 0.25) is 0 Å². The number of hydrogen-bond acceptors (Lipinski definition) is 7. The van der Waals surface area contributed by atoms with Gasteiger partial charge < -0.3 is 14.7 Å². The standard InChI is InChI=1S/C26H27F2N7O3/c1-4-23(37)33-10-8-20(21(36)13-33)35-15(2)24(31-32-35)17-11-19-25(34(14-30-19)26(27)28)22(12-17)38-16(3)18-7-5-6-9-29-18/h4-7,9,11-12,14,16,20-21,26,36H,1,8,10,13H2,2-3H3/t16-,20-,21-/m1/s1. The lowest BCUT2D eigenvalue weighted by Gasteiger charge is -2.35. The van der Waals surface area contributed by atoms with Crippen LogP contribution >= 0.6 is 0 Å². The van der Waals surface area contributed by atoms with Crippen molar-refractivity contribution >= 4 is 16.9 Å². The Kier molecular flexibility index (Phi) is 6.89. The monoisotopic (exact) mass is 523 g/mol. The summed E-state index contributed by atoms with van der Waals surface area (Å²) in [6.07, 6.45) is 3.06. The summed E-state index contributed by atoms with van der Waals surface area (Å²) in [5.41, 5.74) is 2.88. The average Bonchev–Trinajstić information content (AvgIpc) is 3.52. The molecule has 0 bridgehead atoms. The van der Waals surface area contributed by atoms with Gasteiger partial charge in [0.2, 0.25) is 5.91 Å². The number of carbonyl (C=O) groups is 1. The third-order valence-corrected chi connectivity index (χ3v) is 6.80. The molecule has 0 aliphatic carbocycles. The number of imidazole rings is 1. The van der Waals surface area contributed by atoms with Crippen molar-refractivity contribution in [1.82, 2.24) is 34.4 Å². The molecular weight excluding hydrogens is 496 g/mol. The number of aliphatic hydroxyl groups is 1. The molecule has 1 saturated heterocycles. The Morgan fingerprint density at radius 1 is 1.29 bits per heavy atom. The van der Waals surface area contributed by atoms with Crippen LogP contribution in [0.15, 0.2) is 55.5 Å². The van der Waals surface area contributed by atoms with Crippen molar-refractivity contribution in [3.8, 4) is 17.0 Å². The zero-order chi connectivity index (χ0) is 27.0. The maximum absolute atomic E-state index is 13.8. The highest BCUT2D eigenvalue weighted by molar-refractivity contribution is 5.88. The maximum atomic E-state index is 13.8. The number of fused-ring (bicyclic) bond motifs is 1. The molecule has 10 nitrogen and oxygen atoms in total. The molecule has 1 fully saturated rings. The first-order valence-corrected chi connectivity index (χ1v) is 12.2. The molecule has 0 unspecified atom stereocenters. The number of nitrogens with zero attached hydrogens (tertiary/aromatic N) is 7. The van der Waals surface area contributed by atoms with Crippen molar-refractivity contribution in [2.24, 2.45) is 0 Å². The lowest BCUT2D eigenvalue weighted by molar-refractivity contribution is -0.130. The van der Waals surface area contributed by atoms with E-state index in [9.17, 15) is 18.7 Å². The number of rotatable bonds is 7. The summed E-state index contributed by atoms with van der Waals surface area (Å²) >= 11 is 0. The smallest absolute Gasteiger partial charge is 0.320 e. The zero-order valence-corrected chi connectivity index (χ0v) is 20.9. The number of hydrogen-bond donors (Lipinski definition) is 1. The molecule has 12 heteroatoms. The summed E-state index contributed by atoms with van der Waals surface area (Å²) in [7, 11) is 0. The van der Waals surface area contributed by atoms with Crippen LogP contribution in [0.4, 0.5) is 8.78 Å². The van der Waals surface area contributed by atoms with Crippen LogP contribution in [0.1, 0.15) is 43.4 Å². The highest BCUT2D eigenvalue weighted by atomic mass is 19.3. The first-order valence-electron chi connectivity index (χ1n) is 12.2. The second kappa shape index (κ2) is 10.3. The molecule has 1 aromatic carbocycles. The van der Waals surface area contributed by atoms with Gasteiger partial charge in [-0.05, 0) is 50.6 Å². The zero-order valence-electron chi connectivity index (χ0n) is 20.9. The van der Waals surface area contributed by atoms with Gasteiger partial charge in [0.15, 0.2) is 0 Å². The lowest BCUT2D eigenvalue weighted by atomic mass is 10.0. The van der Waals surface area contributed by atoms with Gasteiger partial charge >= 0.3 is 6.55 Å². The Balaban J connectivity index is 1.51. The summed E-state index contributed by atoms with van der Waals surface area (Å²) in [4.78, 5) is 22.0. The topological polar surface area (TPSA) is 111 Å². The van der Waals surface area contributed by atoms with E-state index in [2.05, 4.69) is 26.9 Å². The first kappa shape index (κ1) is 25.5. The molecular formula is C26H27F2N7O3. The SMILES string of the molecule is C=CC(=O)N1CC[C@@H](n2nnc(-c3cc(O[C@H](C)c4ccccn4)c4c(c3)ncn4C(F)F)c2C)[C@H](O)C1. The number of benzene rings is 1. The van der Waals surface area contributed by atoms with Crippen molar-refractivity contribution in [3.63, 3.8) is 0 Å². The number of piperidine rings is 1. The maximum Gasteiger partial charge on any atom is 0.320 e. The van der Waals surface area contributed by atoms with Crippen LogP contribution < -0.4 is 4.74 Å². The molecule has 1 aliphatic heterocycles. The van der Waals surface area contributed by atoms with Crippen LogP contribution in [0.5, 0.6) is 5.75 Å². The van der Waals surface area contributed by atoms with Crippen molar-refractivity contribution < 1.29 is 23.4 Å². The Hall–Kier alpha value is -4.19. The highest BCUT2D eigenvalue weighted by Crippen LogP contribution is 2.37. The van der Waals surface area contributed by atoms with Crippen LogP contribution in [0.25, 0.3) is 22.3 Å². The van der Waals surface area contributed by atoms with Gasteiger partial charge in [0.1, 0.15) is 29.4 Å². The molecule has 38 heavy (non-hydrogen) atoms. The Labute approximate surface area is 217 Å². The van der Waals surface area contributed by atoms with Gasteiger partial charge in [0, 0.05) is 24.8 Å². The molecule has 4 heterocycles. The molecule has 198 valence electrons. The molecule has 5 rings (SSSR count). The summed E-state index contributed by atoms with van der Waals surface area (Å²) in [6, 6.07) is 8.33. The summed E-state index contributed by atoms with van der Waals surface area (Å²) in [6.45, 7) is 4.91. The third-order valence-electron chi connectivity index (χ3n) is 6.80. The number of alkyl halides is 2. The third kappa shape index (κ3) is 4.62. The van der Waals surface area contributed by atoms with Gasteiger partial charge in [-0.3, -0.25) is 14.3 Å². The summed E-state index contributed by atoms with van der Waals surface area (Å²) in [5, 5.41) is 19.4. The van der Waals surface area contributed by atoms with E-state index in [0.29, 0.717) is 41.1 Å². The second-order valence-corrected chi connectivity index (χ2v) is 9.17. The lowest BCUT2D eigenvalue weighted by Crippen LogP contribution is -2.47. The van der Waals surface area contributed by atoms with E-state index in [1.54, 1.807) is 47.0 Å². The van der Waals surface area contributed by atoms with Crippen molar-refractivity contribution in [2.75, 3.05) is 13.1 Å². The normalized spacial score (nSPS) is 18.6. The number of halogens is 2. The van der Waals surface area contributed by atoms with Crippen LogP contribution in [0.3, 0.4) is 0 Å². The Morgan fingerprint density at radius 2 is 2.11 bits per heavy atom. The van der Waals surface area contributed by atoms with Crippen LogP contribution in [-0.2, 0) is 4.79 Å². The number of aliphatic hydroxyl groups excluding tert-OH is 1. The fourth-order valence-corrected chi connectivity index (χ4v) is 4.83. The fraction of sp³-hybridized carbons (Fsp3) is 0.346. The van der Waals surface area contributed by atoms with E-state index in [1.807, 2.05) is 13.0 Å². The summed E-state index contributed by atoms with van der Waals surface area (Å²) in [5.74, 6) is -0.0267. The van der Waals surface area contributed by atoms with E-state index in [4.69, 9.17) is 4.74 Å². The Bertz CT molecular complexity index is 1470. The van der Waals surface area contributed by atoms with Crippen molar-refractivity contribution in [1.29, 1.82) is 0 Å². The molecule has 1 aliphatic rings. The van der Waals surface area contributed by atoms with E-state index in [0.717, 1.165) is 10.9 Å². The van der Waals surface area contributed by atoms with Gasteiger partial charge in [0.05, 0.1) is 29.1 Å². The molecule has 3 atom stereocenters. The molecule has 1 N–H and O–H groups in total. The first-order chi connectivity index (χ1) is 18.3. The minimum Gasteiger partial charge on any atom is -0.482 e. The minimum absolute atomic E-state index is 0.157. The molecule has 4 aromatic rings. The number of pyridine rings is 1. The fourth-order valence-electron chi connectivity index (χ4n) is 4.83. The predicted octanol–water partition coefficient (Wildman–Crippen LogP) is 3.85. The van der Waals surface area contributed by atoms with E-state index < -0.39 is 18.8 Å². The van der Waals surface area contributed by atoms with E-state index >= 15 is 0 Å². The average molecular weight is 524 g/mol. The van der Waals surface area contributed by atoms with Gasteiger partial charge in [-0.15, -0.1) is 5.10 Å². The molecule has 0 saturated carbocycles. The van der Waals surface area contributed by atoms with Gasteiger partial charge in [-0.25, -0.2) is 9.67 Å². The summed E-state index contributed by atoms with van der Waals surface area (Å²) < 4.78 is 36.1. The molecule has 0 spiro atoms. The number of aromatic nitrogens is 6. The van der Waals surface area contributed by atoms with Crippen LogP contribution in [-0.4, -0.2) is 64.6 Å². The van der Waals surface area contributed by atoms with Gasteiger partial charge in [0.25, 0.3) is 0 Å². The quantitative estimate of drug-likeness (QED) is 0.366. The number of amides is 1. The predicted molar refractivity (Wildman–Crippen MR) is 134 cm³/mol. The molecule has 1 amide bonds. The number of carbonyl (C=O) groups excluding carboxylic acids is 1. The highest BCUT2D eigenvalue weighted by Gasteiger charge is 2.33. The largest absolute Gasteiger partial charge is 0.482 e. The van der Waals surface area contributed by atoms with Gasteiger partial charge in [-0.1, -0.05) is 17.9 Å². The number of ether oxygens (including phenoxy) is 1. The number of β-amino-alcohol motifs (C(OH)–C–C–N with tert-alkyl or cyclic N) is 1. The number of likely N-dealkylation sites (tertiary alicyclic amines) is 1. The van der Waals surface area contributed by atoms with Crippen molar-refractivity contribution in [3.05, 3.63) is 66.9 Å². The van der Waals surface area contributed by atoms with Crippen molar-refractivity contribution in [2.45, 2.75) is 45.1 Å². The molecule has 3 aromatic heterocycles. The van der Waals surface area contributed by atoms with Crippen LogP contribution in [0, 0.1) is 6.92 Å². The van der Waals surface area contributed by atoms with Gasteiger partial charge in [-0.2, -0.15) is 8.78 Å².